The lowest BCUT2D eigenvalue weighted by molar-refractivity contribution is -0.150. The molecule has 0 radical (unpaired) electrons. The number of rotatable bonds is 3. The summed E-state index contributed by atoms with van der Waals surface area (Å²) < 4.78 is 5.33. The molecule has 4 heteroatoms. The van der Waals surface area contributed by atoms with E-state index in [9.17, 15) is 4.79 Å². The van der Waals surface area contributed by atoms with E-state index in [0.717, 1.165) is 42.5 Å². The molecule has 3 rings (SSSR count). The predicted octanol–water partition coefficient (Wildman–Crippen LogP) is 3.55. The average molecular weight is 286 g/mol. The van der Waals surface area contributed by atoms with Crippen LogP contribution in [0.5, 0.6) is 0 Å². The van der Waals surface area contributed by atoms with E-state index in [1.807, 2.05) is 6.92 Å². The Hall–Kier alpha value is -1.84. The minimum absolute atomic E-state index is 0.130. The van der Waals surface area contributed by atoms with Gasteiger partial charge in [0.25, 0.3) is 0 Å². The van der Waals surface area contributed by atoms with Crippen molar-refractivity contribution in [3.63, 3.8) is 0 Å². The molecule has 1 aromatic carbocycles. The van der Waals surface area contributed by atoms with Gasteiger partial charge in [-0.05, 0) is 56.9 Å². The first-order valence-corrected chi connectivity index (χ1v) is 7.71. The van der Waals surface area contributed by atoms with E-state index in [1.165, 1.54) is 11.1 Å². The molecule has 0 amide bonds. The number of aryl methyl sites for hydroxylation is 2. The minimum atomic E-state index is -0.573. The average Bonchev–Trinajstić information content (AvgIpc) is 3.07. The third-order valence-electron chi connectivity index (χ3n) is 4.67. The summed E-state index contributed by atoms with van der Waals surface area (Å²) in [6.45, 7) is 6.44. The Morgan fingerprint density at radius 1 is 1.29 bits per heavy atom. The third-order valence-corrected chi connectivity index (χ3v) is 4.67. The Bertz CT molecular complexity index is 642. The van der Waals surface area contributed by atoms with Gasteiger partial charge in [0.15, 0.2) is 0 Å². The molecule has 0 saturated heterocycles. The van der Waals surface area contributed by atoms with Crippen LogP contribution in [0.2, 0.25) is 0 Å². The zero-order chi connectivity index (χ0) is 15.0. The first kappa shape index (κ1) is 14.1. The van der Waals surface area contributed by atoms with Crippen LogP contribution in [0.1, 0.15) is 49.6 Å². The van der Waals surface area contributed by atoms with Crippen LogP contribution in [0.4, 0.5) is 0 Å². The second-order valence-electron chi connectivity index (χ2n) is 6.05. The van der Waals surface area contributed by atoms with Gasteiger partial charge in [-0.1, -0.05) is 12.8 Å². The van der Waals surface area contributed by atoms with E-state index >= 15 is 0 Å². The van der Waals surface area contributed by atoms with Crippen LogP contribution in [0, 0.1) is 13.8 Å². The van der Waals surface area contributed by atoms with Crippen molar-refractivity contribution in [1.82, 2.24) is 9.97 Å². The molecule has 1 aliphatic rings. The molecule has 0 bridgehead atoms. The lowest BCUT2D eigenvalue weighted by atomic mass is 9.85. The monoisotopic (exact) mass is 286 g/mol. The highest BCUT2D eigenvalue weighted by Gasteiger charge is 2.46. The molecule has 1 saturated carbocycles. The zero-order valence-corrected chi connectivity index (χ0v) is 13.0. The van der Waals surface area contributed by atoms with Crippen molar-refractivity contribution in [1.29, 1.82) is 0 Å². The second kappa shape index (κ2) is 5.17. The number of nitrogens with one attached hydrogen (secondary N) is 1. The molecule has 0 aliphatic heterocycles. The SMILES string of the molecule is CCOC(=O)C1(c2nc3cc(C)c(C)cc3[nH]2)CCCC1. The first-order chi connectivity index (χ1) is 10.1. The number of carbonyl (C=O) groups excluding carboxylic acids is 1. The summed E-state index contributed by atoms with van der Waals surface area (Å²) in [7, 11) is 0. The lowest BCUT2D eigenvalue weighted by Gasteiger charge is -2.23. The van der Waals surface area contributed by atoms with Gasteiger partial charge in [-0.3, -0.25) is 4.79 Å². The molecule has 0 unspecified atom stereocenters. The number of carbonyl (C=O) groups is 1. The number of ether oxygens (including phenoxy) is 1. The maximum Gasteiger partial charge on any atom is 0.319 e. The topological polar surface area (TPSA) is 55.0 Å². The molecule has 112 valence electrons. The van der Waals surface area contributed by atoms with Crippen molar-refractivity contribution in [3.05, 3.63) is 29.1 Å². The van der Waals surface area contributed by atoms with Gasteiger partial charge in [-0.25, -0.2) is 4.98 Å². The van der Waals surface area contributed by atoms with E-state index in [4.69, 9.17) is 9.72 Å². The van der Waals surface area contributed by atoms with Crippen molar-refractivity contribution < 1.29 is 9.53 Å². The number of imidazole rings is 1. The molecule has 4 nitrogen and oxygen atoms in total. The van der Waals surface area contributed by atoms with E-state index in [-0.39, 0.29) is 5.97 Å². The van der Waals surface area contributed by atoms with Gasteiger partial charge in [0.05, 0.1) is 17.6 Å². The van der Waals surface area contributed by atoms with Gasteiger partial charge in [0.1, 0.15) is 11.2 Å². The molecule has 1 fully saturated rings. The smallest absolute Gasteiger partial charge is 0.319 e. The van der Waals surface area contributed by atoms with Crippen LogP contribution in [-0.4, -0.2) is 22.5 Å². The number of fused-ring (bicyclic) bond motifs is 1. The first-order valence-electron chi connectivity index (χ1n) is 7.71. The van der Waals surface area contributed by atoms with E-state index in [0.29, 0.717) is 6.61 Å². The molecule has 1 N–H and O–H groups in total. The number of aromatic amines is 1. The summed E-state index contributed by atoms with van der Waals surface area (Å²) in [5.41, 5.74) is 3.82. The van der Waals surface area contributed by atoms with Gasteiger partial charge in [-0.15, -0.1) is 0 Å². The number of aromatic nitrogens is 2. The normalized spacial score (nSPS) is 17.3. The highest BCUT2D eigenvalue weighted by atomic mass is 16.5. The predicted molar refractivity (Wildman–Crippen MR) is 82.3 cm³/mol. The number of nitrogens with zero attached hydrogens (tertiary/aromatic N) is 1. The maximum absolute atomic E-state index is 12.5. The molecule has 1 aliphatic carbocycles. The standard InChI is InChI=1S/C17H22N2O2/c1-4-21-16(20)17(7-5-6-8-17)15-18-13-9-11(2)12(3)10-14(13)19-15/h9-10H,4-8H2,1-3H3,(H,18,19). The number of esters is 1. The second-order valence-corrected chi connectivity index (χ2v) is 6.05. The van der Waals surface area contributed by atoms with Crippen LogP contribution < -0.4 is 0 Å². The minimum Gasteiger partial charge on any atom is -0.465 e. The lowest BCUT2D eigenvalue weighted by Crippen LogP contribution is -2.35. The summed E-state index contributed by atoms with van der Waals surface area (Å²) >= 11 is 0. The van der Waals surface area contributed by atoms with Crippen molar-refractivity contribution in [2.45, 2.75) is 51.9 Å². The Balaban J connectivity index is 2.10. The molecule has 1 aromatic heterocycles. The van der Waals surface area contributed by atoms with Crippen molar-refractivity contribution in [2.24, 2.45) is 0 Å². The molecule has 2 aromatic rings. The Morgan fingerprint density at radius 3 is 2.62 bits per heavy atom. The number of H-pyrrole nitrogens is 1. The van der Waals surface area contributed by atoms with E-state index < -0.39 is 5.41 Å². The molecular weight excluding hydrogens is 264 g/mol. The van der Waals surface area contributed by atoms with Gasteiger partial charge in [-0.2, -0.15) is 0 Å². The highest BCUT2D eigenvalue weighted by molar-refractivity contribution is 5.85. The van der Waals surface area contributed by atoms with Gasteiger partial charge in [0, 0.05) is 0 Å². The van der Waals surface area contributed by atoms with Crippen molar-refractivity contribution in [3.8, 4) is 0 Å². The van der Waals surface area contributed by atoms with Crippen LogP contribution in [0.25, 0.3) is 11.0 Å². The molecule has 0 atom stereocenters. The zero-order valence-electron chi connectivity index (χ0n) is 13.0. The summed E-state index contributed by atoms with van der Waals surface area (Å²) in [6, 6.07) is 4.19. The Morgan fingerprint density at radius 2 is 1.95 bits per heavy atom. The van der Waals surface area contributed by atoms with Crippen LogP contribution >= 0.6 is 0 Å². The third kappa shape index (κ3) is 2.23. The summed E-state index contributed by atoms with van der Waals surface area (Å²) in [5, 5.41) is 0. The van der Waals surface area contributed by atoms with Crippen LogP contribution in [-0.2, 0) is 14.9 Å². The molecule has 0 spiro atoms. The largest absolute Gasteiger partial charge is 0.465 e. The van der Waals surface area contributed by atoms with Gasteiger partial charge < -0.3 is 9.72 Å². The maximum atomic E-state index is 12.5. The highest BCUT2D eigenvalue weighted by Crippen LogP contribution is 2.41. The molecule has 21 heavy (non-hydrogen) atoms. The van der Waals surface area contributed by atoms with Crippen LogP contribution in [0.3, 0.4) is 0 Å². The van der Waals surface area contributed by atoms with E-state index in [2.05, 4.69) is 31.0 Å². The van der Waals surface area contributed by atoms with Crippen molar-refractivity contribution >= 4 is 17.0 Å². The fraction of sp³-hybridized carbons (Fsp3) is 0.529. The number of hydrogen-bond donors (Lipinski definition) is 1. The fourth-order valence-electron chi connectivity index (χ4n) is 3.28. The Labute approximate surface area is 124 Å². The summed E-state index contributed by atoms with van der Waals surface area (Å²) in [6.07, 6.45) is 3.75. The number of hydrogen-bond acceptors (Lipinski definition) is 3. The summed E-state index contributed by atoms with van der Waals surface area (Å²) in [5.74, 6) is 0.647. The van der Waals surface area contributed by atoms with Crippen molar-refractivity contribution in [2.75, 3.05) is 6.61 Å². The quantitative estimate of drug-likeness (QED) is 0.878. The summed E-state index contributed by atoms with van der Waals surface area (Å²) in [4.78, 5) is 20.6. The van der Waals surface area contributed by atoms with E-state index in [1.54, 1.807) is 0 Å². The van der Waals surface area contributed by atoms with Gasteiger partial charge in [0.2, 0.25) is 0 Å². The molecular formula is C17H22N2O2. The van der Waals surface area contributed by atoms with Gasteiger partial charge >= 0.3 is 5.97 Å². The molecule has 1 heterocycles. The van der Waals surface area contributed by atoms with Crippen LogP contribution in [0.15, 0.2) is 12.1 Å². The Kier molecular flexibility index (Phi) is 3.47. The number of benzene rings is 1. The fourth-order valence-corrected chi connectivity index (χ4v) is 3.28.